The first-order chi connectivity index (χ1) is 6.57. The number of hydrogen-bond acceptors (Lipinski definition) is 6. The fourth-order valence-electron chi connectivity index (χ4n) is 0.814. The molecular weight excluding hydrogens is 210 g/mol. The lowest BCUT2D eigenvalue weighted by Crippen LogP contribution is -2.02. The van der Waals surface area contributed by atoms with Gasteiger partial charge in [-0.1, -0.05) is 0 Å². The molecule has 0 saturated carbocycles. The molecule has 0 aromatic carbocycles. The smallest absolute Gasteiger partial charge is 0.352 e. The van der Waals surface area contributed by atoms with E-state index in [4.69, 9.17) is 0 Å². The van der Waals surface area contributed by atoms with E-state index in [9.17, 15) is 20.0 Å². The van der Waals surface area contributed by atoms with Crippen LogP contribution in [-0.2, 0) is 4.74 Å². The van der Waals surface area contributed by atoms with Crippen LogP contribution in [0.5, 0.6) is 5.75 Å². The van der Waals surface area contributed by atoms with E-state index >= 15 is 0 Å². The normalized spacial score (nSPS) is 9.79. The van der Waals surface area contributed by atoms with Gasteiger partial charge in [-0.3, -0.25) is 10.1 Å². The molecule has 0 amide bonds. The third-order valence-electron chi connectivity index (χ3n) is 1.40. The molecule has 1 heterocycles. The predicted molar refractivity (Wildman–Crippen MR) is 48.6 cm³/mol. The van der Waals surface area contributed by atoms with Gasteiger partial charge in [0.2, 0.25) is 5.75 Å². The molecule has 6 nitrogen and oxygen atoms in total. The minimum Gasteiger partial charge on any atom is -0.501 e. The number of nitrogens with zero attached hydrogens (tertiary/aromatic N) is 1. The van der Waals surface area contributed by atoms with Gasteiger partial charge in [0.15, 0.2) is 4.88 Å². The van der Waals surface area contributed by atoms with Gasteiger partial charge in [-0.2, -0.15) is 0 Å². The quantitative estimate of drug-likeness (QED) is 0.471. The molecule has 76 valence electrons. The Labute approximate surface area is 82.9 Å². The zero-order valence-electron chi connectivity index (χ0n) is 7.22. The van der Waals surface area contributed by atoms with Crippen molar-refractivity contribution in [2.75, 3.05) is 6.61 Å². The molecular formula is C7H7NO5S. The highest BCUT2D eigenvalue weighted by atomic mass is 32.1. The van der Waals surface area contributed by atoms with E-state index < -0.39 is 22.3 Å². The third kappa shape index (κ3) is 1.82. The van der Waals surface area contributed by atoms with Gasteiger partial charge in [0, 0.05) is 0 Å². The molecule has 0 atom stereocenters. The van der Waals surface area contributed by atoms with E-state index in [1.54, 1.807) is 6.92 Å². The van der Waals surface area contributed by atoms with Crippen molar-refractivity contribution in [3.8, 4) is 5.75 Å². The van der Waals surface area contributed by atoms with E-state index in [0.717, 1.165) is 16.7 Å². The number of esters is 1. The summed E-state index contributed by atoms with van der Waals surface area (Å²) in [4.78, 5) is 20.5. The molecule has 0 radical (unpaired) electrons. The number of carbonyl (C=O) groups is 1. The van der Waals surface area contributed by atoms with Gasteiger partial charge < -0.3 is 9.84 Å². The maximum absolute atomic E-state index is 11.1. The Morgan fingerprint density at radius 2 is 2.43 bits per heavy atom. The van der Waals surface area contributed by atoms with Crippen molar-refractivity contribution in [2.45, 2.75) is 6.92 Å². The maximum Gasteiger partial charge on any atom is 0.352 e. The Bertz CT molecular complexity index is 372. The topological polar surface area (TPSA) is 89.7 Å². The first kappa shape index (κ1) is 10.5. The van der Waals surface area contributed by atoms with Gasteiger partial charge in [-0.05, 0) is 6.92 Å². The molecule has 1 rings (SSSR count). The lowest BCUT2D eigenvalue weighted by Gasteiger charge is -1.97. The zero-order valence-corrected chi connectivity index (χ0v) is 8.04. The molecule has 7 heteroatoms. The summed E-state index contributed by atoms with van der Waals surface area (Å²) >= 11 is 0.786. The lowest BCUT2D eigenvalue weighted by atomic mass is 10.4. The molecule has 0 aliphatic rings. The van der Waals surface area contributed by atoms with Gasteiger partial charge in [-0.15, -0.1) is 11.3 Å². The van der Waals surface area contributed by atoms with Gasteiger partial charge >= 0.3 is 11.7 Å². The van der Waals surface area contributed by atoms with E-state index in [0.29, 0.717) is 0 Å². The molecule has 0 fully saturated rings. The number of hydrogen-bond donors (Lipinski definition) is 1. The number of carbonyl (C=O) groups excluding carboxylic acids is 1. The van der Waals surface area contributed by atoms with Crippen molar-refractivity contribution in [2.24, 2.45) is 0 Å². The van der Waals surface area contributed by atoms with Crippen LogP contribution in [0.25, 0.3) is 0 Å². The minimum absolute atomic E-state index is 0.140. The Kier molecular flexibility index (Phi) is 3.03. The molecule has 0 unspecified atom stereocenters. The monoisotopic (exact) mass is 217 g/mol. The van der Waals surface area contributed by atoms with Gasteiger partial charge in [0.1, 0.15) is 0 Å². The van der Waals surface area contributed by atoms with Crippen LogP contribution in [0.1, 0.15) is 16.6 Å². The van der Waals surface area contributed by atoms with E-state index in [-0.39, 0.29) is 11.5 Å². The average molecular weight is 217 g/mol. The van der Waals surface area contributed by atoms with E-state index in [1.165, 1.54) is 0 Å². The summed E-state index contributed by atoms with van der Waals surface area (Å²) in [5, 5.41) is 20.7. The summed E-state index contributed by atoms with van der Waals surface area (Å²) in [6, 6.07) is 0. The lowest BCUT2D eigenvalue weighted by molar-refractivity contribution is -0.385. The Balaban J connectivity index is 3.00. The van der Waals surface area contributed by atoms with Gasteiger partial charge in [0.25, 0.3) is 0 Å². The first-order valence-corrected chi connectivity index (χ1v) is 4.57. The Hall–Kier alpha value is -1.63. The second kappa shape index (κ2) is 4.05. The molecule has 0 aliphatic carbocycles. The second-order valence-electron chi connectivity index (χ2n) is 2.28. The molecule has 0 saturated heterocycles. The highest BCUT2D eigenvalue weighted by Crippen LogP contribution is 2.35. The summed E-state index contributed by atoms with van der Waals surface area (Å²) in [6.07, 6.45) is 0. The summed E-state index contributed by atoms with van der Waals surface area (Å²) < 4.78 is 4.59. The van der Waals surface area contributed by atoms with Crippen molar-refractivity contribution in [3.63, 3.8) is 0 Å². The fourth-order valence-corrected chi connectivity index (χ4v) is 1.61. The second-order valence-corrected chi connectivity index (χ2v) is 3.16. The number of thiophene rings is 1. The summed E-state index contributed by atoms with van der Waals surface area (Å²) in [7, 11) is 0. The zero-order chi connectivity index (χ0) is 10.7. The van der Waals surface area contributed by atoms with Crippen molar-refractivity contribution in [1.82, 2.24) is 0 Å². The maximum atomic E-state index is 11.1. The molecule has 0 aliphatic heterocycles. The Morgan fingerprint density at radius 1 is 1.79 bits per heavy atom. The van der Waals surface area contributed by atoms with Crippen LogP contribution in [0.15, 0.2) is 5.38 Å². The van der Waals surface area contributed by atoms with Crippen LogP contribution in [0.3, 0.4) is 0 Å². The van der Waals surface area contributed by atoms with Crippen molar-refractivity contribution in [3.05, 3.63) is 20.4 Å². The van der Waals surface area contributed by atoms with Crippen LogP contribution < -0.4 is 0 Å². The molecule has 1 N–H and O–H groups in total. The molecule has 14 heavy (non-hydrogen) atoms. The molecule has 1 aromatic heterocycles. The Morgan fingerprint density at radius 3 is 2.86 bits per heavy atom. The van der Waals surface area contributed by atoms with Crippen molar-refractivity contribution in [1.29, 1.82) is 0 Å². The molecule has 1 aromatic rings. The van der Waals surface area contributed by atoms with Gasteiger partial charge in [0.05, 0.1) is 16.9 Å². The number of aromatic hydroxyl groups is 1. The fraction of sp³-hybridized carbons (Fsp3) is 0.286. The van der Waals surface area contributed by atoms with Gasteiger partial charge in [-0.25, -0.2) is 4.79 Å². The number of rotatable bonds is 3. The SMILES string of the molecule is CCOC(=O)c1scc([N+](=O)[O-])c1O. The summed E-state index contributed by atoms with van der Waals surface area (Å²) in [5.74, 6) is -1.37. The van der Waals surface area contributed by atoms with Crippen LogP contribution in [0.2, 0.25) is 0 Å². The highest BCUT2D eigenvalue weighted by molar-refractivity contribution is 7.12. The largest absolute Gasteiger partial charge is 0.501 e. The molecule has 0 bridgehead atoms. The average Bonchev–Trinajstić information content (AvgIpc) is 2.47. The summed E-state index contributed by atoms with van der Waals surface area (Å²) in [5.41, 5.74) is -0.474. The van der Waals surface area contributed by atoms with Crippen LogP contribution >= 0.6 is 11.3 Å². The standard InChI is InChI=1S/C7H7NO5S/c1-2-13-7(10)6-5(9)4(3-14-6)8(11)12/h3,9H,2H2,1H3. The minimum atomic E-state index is -0.755. The number of ether oxygens (including phenoxy) is 1. The highest BCUT2D eigenvalue weighted by Gasteiger charge is 2.25. The third-order valence-corrected chi connectivity index (χ3v) is 2.34. The molecule has 0 spiro atoms. The van der Waals surface area contributed by atoms with Crippen LogP contribution in [0, 0.1) is 10.1 Å². The van der Waals surface area contributed by atoms with E-state index in [1.807, 2.05) is 0 Å². The van der Waals surface area contributed by atoms with Crippen LogP contribution in [-0.4, -0.2) is 22.6 Å². The van der Waals surface area contributed by atoms with Crippen LogP contribution in [0.4, 0.5) is 5.69 Å². The van der Waals surface area contributed by atoms with E-state index in [2.05, 4.69) is 4.74 Å². The summed E-state index contributed by atoms with van der Waals surface area (Å²) in [6.45, 7) is 1.76. The van der Waals surface area contributed by atoms with Crippen molar-refractivity contribution < 1.29 is 19.6 Å². The predicted octanol–water partition coefficient (Wildman–Crippen LogP) is 1.54. The van der Waals surface area contributed by atoms with Crippen molar-refractivity contribution >= 4 is 23.0 Å². The number of nitro groups is 1. The first-order valence-electron chi connectivity index (χ1n) is 3.69.